The van der Waals surface area contributed by atoms with Gasteiger partial charge in [-0.2, -0.15) is 0 Å². The van der Waals surface area contributed by atoms with Gasteiger partial charge < -0.3 is 0 Å². The summed E-state index contributed by atoms with van der Waals surface area (Å²) in [7, 11) is 0. The molecule has 82 valence electrons. The number of hydrogen-bond acceptors (Lipinski definition) is 3. The molecule has 0 saturated carbocycles. The molecule has 5 heteroatoms. The summed E-state index contributed by atoms with van der Waals surface area (Å²) in [5, 5.41) is 10.6. The van der Waals surface area contributed by atoms with Gasteiger partial charge in [-0.15, -0.1) is 0 Å². The maximum atomic E-state index is 10.6. The average molecular weight is 217 g/mol. The van der Waals surface area contributed by atoms with Gasteiger partial charge in [0.15, 0.2) is 0 Å². The predicted molar refractivity (Wildman–Crippen MR) is 61.3 cm³/mol. The second kappa shape index (κ2) is 4.06. The number of hydrogen-bond donors (Lipinski definition) is 1. The van der Waals surface area contributed by atoms with Crippen LogP contribution in [0.2, 0.25) is 0 Å². The molecule has 0 aliphatic rings. The third-order valence-electron chi connectivity index (χ3n) is 2.26. The smallest absolute Gasteiger partial charge is 0.272 e. The van der Waals surface area contributed by atoms with Crippen molar-refractivity contribution in [1.82, 2.24) is 4.68 Å². The molecule has 0 radical (unpaired) electrons. The highest BCUT2D eigenvalue weighted by molar-refractivity contribution is 5.53. The zero-order valence-electron chi connectivity index (χ0n) is 8.75. The number of nitro groups is 1. The second-order valence-corrected chi connectivity index (χ2v) is 3.46. The first-order chi connectivity index (χ1) is 7.66. The van der Waals surface area contributed by atoms with E-state index in [0.29, 0.717) is 5.56 Å². The molecule has 1 N–H and O–H groups in total. The Kier molecular flexibility index (Phi) is 2.59. The van der Waals surface area contributed by atoms with Gasteiger partial charge in [0.1, 0.15) is 0 Å². The molecule has 0 bridgehead atoms. The summed E-state index contributed by atoms with van der Waals surface area (Å²) in [6.07, 6.45) is 3.72. The van der Waals surface area contributed by atoms with Crippen molar-refractivity contribution in [2.24, 2.45) is 0 Å². The van der Waals surface area contributed by atoms with Gasteiger partial charge in [0.25, 0.3) is 5.69 Å². The Labute approximate surface area is 92.4 Å². The Morgan fingerprint density at radius 1 is 1.31 bits per heavy atom. The lowest BCUT2D eigenvalue weighted by atomic mass is 10.2. The van der Waals surface area contributed by atoms with Crippen molar-refractivity contribution < 1.29 is 4.92 Å². The first kappa shape index (κ1) is 10.2. The first-order valence-corrected chi connectivity index (χ1v) is 4.82. The molecule has 1 heterocycles. The average Bonchev–Trinajstić information content (AvgIpc) is 2.70. The van der Waals surface area contributed by atoms with Crippen molar-refractivity contribution in [3.63, 3.8) is 0 Å². The lowest BCUT2D eigenvalue weighted by molar-refractivity contribution is -0.385. The fourth-order valence-electron chi connectivity index (χ4n) is 1.49. The number of rotatable bonds is 3. The monoisotopic (exact) mass is 217 g/mol. The van der Waals surface area contributed by atoms with E-state index in [4.69, 9.17) is 0 Å². The predicted octanol–water partition coefficient (Wildman–Crippen LogP) is 2.58. The standard InChI is InChI=1S/C11H11N3O2/c1-9-8-10(4-5-11(9)14(15)16)12-13-6-2-3-7-13/h2-8,12H,1H3. The van der Waals surface area contributed by atoms with Crippen molar-refractivity contribution in [3.05, 3.63) is 58.4 Å². The van der Waals surface area contributed by atoms with Crippen molar-refractivity contribution in [2.45, 2.75) is 6.92 Å². The molecule has 0 amide bonds. The van der Waals surface area contributed by atoms with Crippen LogP contribution in [0, 0.1) is 17.0 Å². The molecular formula is C11H11N3O2. The molecule has 2 aromatic rings. The third-order valence-corrected chi connectivity index (χ3v) is 2.26. The lowest BCUT2D eigenvalue weighted by Gasteiger charge is -2.07. The molecule has 1 aromatic carbocycles. The molecule has 0 aliphatic carbocycles. The third kappa shape index (κ3) is 2.03. The minimum atomic E-state index is -0.380. The fraction of sp³-hybridized carbons (Fsp3) is 0.0909. The number of anilines is 1. The van der Waals surface area contributed by atoms with Gasteiger partial charge in [0.2, 0.25) is 0 Å². The summed E-state index contributed by atoms with van der Waals surface area (Å²) in [6.45, 7) is 1.72. The van der Waals surface area contributed by atoms with Crippen molar-refractivity contribution >= 4 is 11.4 Å². The minimum absolute atomic E-state index is 0.137. The molecule has 0 fully saturated rings. The van der Waals surface area contributed by atoms with Crippen molar-refractivity contribution in [2.75, 3.05) is 5.43 Å². The number of aryl methyl sites for hydroxylation is 1. The summed E-state index contributed by atoms with van der Waals surface area (Å²) < 4.78 is 1.78. The second-order valence-electron chi connectivity index (χ2n) is 3.46. The maximum Gasteiger partial charge on any atom is 0.272 e. The van der Waals surface area contributed by atoms with Gasteiger partial charge in [-0.1, -0.05) is 0 Å². The maximum absolute atomic E-state index is 10.6. The van der Waals surface area contributed by atoms with Crippen LogP contribution in [0.1, 0.15) is 5.56 Å². The van der Waals surface area contributed by atoms with Gasteiger partial charge in [-0.3, -0.25) is 20.2 Å². The van der Waals surface area contributed by atoms with Crippen LogP contribution in [-0.4, -0.2) is 9.60 Å². The van der Waals surface area contributed by atoms with Crippen LogP contribution < -0.4 is 5.43 Å². The van der Waals surface area contributed by atoms with Crippen molar-refractivity contribution in [3.8, 4) is 0 Å². The topological polar surface area (TPSA) is 60.1 Å². The number of nitrogens with zero attached hydrogens (tertiary/aromatic N) is 2. The van der Waals surface area contributed by atoms with E-state index < -0.39 is 0 Å². The molecule has 16 heavy (non-hydrogen) atoms. The zero-order valence-corrected chi connectivity index (χ0v) is 8.75. The van der Waals surface area contributed by atoms with E-state index in [1.54, 1.807) is 23.7 Å². The van der Waals surface area contributed by atoms with Crippen molar-refractivity contribution in [1.29, 1.82) is 0 Å². The highest BCUT2D eigenvalue weighted by atomic mass is 16.6. The Hall–Kier alpha value is -2.30. The molecule has 0 atom stereocenters. The van der Waals surface area contributed by atoms with Gasteiger partial charge in [-0.25, -0.2) is 0 Å². The van der Waals surface area contributed by atoms with E-state index >= 15 is 0 Å². The normalized spacial score (nSPS) is 10.1. The Morgan fingerprint density at radius 2 is 2.00 bits per heavy atom. The fourth-order valence-corrected chi connectivity index (χ4v) is 1.49. The quantitative estimate of drug-likeness (QED) is 0.635. The van der Waals surface area contributed by atoms with Gasteiger partial charge >= 0.3 is 0 Å². The van der Waals surface area contributed by atoms with E-state index in [-0.39, 0.29) is 10.6 Å². The van der Waals surface area contributed by atoms with Crippen LogP contribution in [0.15, 0.2) is 42.7 Å². The van der Waals surface area contributed by atoms with E-state index in [2.05, 4.69) is 5.43 Å². The van der Waals surface area contributed by atoms with Crippen LogP contribution >= 0.6 is 0 Å². The number of aromatic nitrogens is 1. The Balaban J connectivity index is 2.24. The molecule has 5 nitrogen and oxygen atoms in total. The van der Waals surface area contributed by atoms with E-state index in [1.807, 2.05) is 24.5 Å². The highest BCUT2D eigenvalue weighted by Gasteiger charge is 2.09. The summed E-state index contributed by atoms with van der Waals surface area (Å²) in [5.74, 6) is 0. The van der Waals surface area contributed by atoms with Gasteiger partial charge in [0, 0.05) is 24.0 Å². The van der Waals surface area contributed by atoms with E-state index in [1.165, 1.54) is 6.07 Å². The molecule has 0 spiro atoms. The Morgan fingerprint density at radius 3 is 2.56 bits per heavy atom. The molecule has 2 rings (SSSR count). The SMILES string of the molecule is Cc1cc(Nn2cccc2)ccc1[N+](=O)[O-]. The number of nitrogens with one attached hydrogen (secondary N) is 1. The van der Waals surface area contributed by atoms with Crippen LogP contribution in [0.25, 0.3) is 0 Å². The largest absolute Gasteiger partial charge is 0.295 e. The molecule has 0 unspecified atom stereocenters. The first-order valence-electron chi connectivity index (χ1n) is 4.82. The zero-order chi connectivity index (χ0) is 11.5. The van der Waals surface area contributed by atoms with Gasteiger partial charge in [0.05, 0.1) is 10.6 Å². The van der Waals surface area contributed by atoms with E-state index in [9.17, 15) is 10.1 Å². The van der Waals surface area contributed by atoms with Crippen LogP contribution in [0.3, 0.4) is 0 Å². The summed E-state index contributed by atoms with van der Waals surface area (Å²) in [4.78, 5) is 10.2. The summed E-state index contributed by atoms with van der Waals surface area (Å²) >= 11 is 0. The highest BCUT2D eigenvalue weighted by Crippen LogP contribution is 2.21. The molecule has 1 aromatic heterocycles. The number of nitro benzene ring substituents is 1. The molecular weight excluding hydrogens is 206 g/mol. The summed E-state index contributed by atoms with van der Waals surface area (Å²) in [5.41, 5.74) is 4.68. The van der Waals surface area contributed by atoms with Crippen LogP contribution in [-0.2, 0) is 0 Å². The number of benzene rings is 1. The summed E-state index contributed by atoms with van der Waals surface area (Å²) in [6, 6.07) is 8.72. The van der Waals surface area contributed by atoms with Crippen LogP contribution in [0.5, 0.6) is 0 Å². The van der Waals surface area contributed by atoms with Crippen LogP contribution in [0.4, 0.5) is 11.4 Å². The Bertz CT molecular complexity index is 506. The molecule has 0 aliphatic heterocycles. The van der Waals surface area contributed by atoms with Gasteiger partial charge in [-0.05, 0) is 31.2 Å². The lowest BCUT2D eigenvalue weighted by Crippen LogP contribution is -2.05. The molecule has 0 saturated heterocycles. The van der Waals surface area contributed by atoms with E-state index in [0.717, 1.165) is 5.69 Å². The minimum Gasteiger partial charge on any atom is -0.295 e.